The van der Waals surface area contributed by atoms with Crippen LogP contribution in [0.15, 0.2) is 0 Å². The van der Waals surface area contributed by atoms with Crippen molar-refractivity contribution < 1.29 is 24.9 Å². The lowest BCUT2D eigenvalue weighted by Crippen LogP contribution is -2.47. The molecule has 3 atom stereocenters. The van der Waals surface area contributed by atoms with E-state index in [9.17, 15) is 24.9 Å². The van der Waals surface area contributed by atoms with Crippen LogP contribution in [0.1, 0.15) is 206 Å². The molecule has 0 rings (SSSR count). The van der Waals surface area contributed by atoms with E-state index in [1.165, 1.54) is 141 Å². The zero-order chi connectivity index (χ0) is 31.9. The summed E-state index contributed by atoms with van der Waals surface area (Å²) < 4.78 is 0. The Balaban J connectivity index is 3.80. The standard InChI is InChI=1S/C37H73O5P/c1-3-5-7-9-11-13-15-17-18-20-22-24-26-28-30-32-35(40)43-37(42,33-38)36(41)34(39)31-29-27-25-23-21-19-16-14-12-10-8-6-4-2/h36,38,41-43H,3-33H2,1-2H3. The molecular formula is C37H73O5P. The largest absolute Gasteiger partial charge is 0.393 e. The van der Waals surface area contributed by atoms with E-state index in [0.717, 1.165) is 32.1 Å². The van der Waals surface area contributed by atoms with Gasteiger partial charge in [0.2, 0.25) is 0 Å². The maximum Gasteiger partial charge on any atom is 0.164 e. The Morgan fingerprint density at radius 3 is 1.09 bits per heavy atom. The highest BCUT2D eigenvalue weighted by Gasteiger charge is 2.41. The van der Waals surface area contributed by atoms with E-state index in [4.69, 9.17) is 0 Å². The van der Waals surface area contributed by atoms with E-state index in [1.807, 2.05) is 0 Å². The van der Waals surface area contributed by atoms with E-state index in [2.05, 4.69) is 13.8 Å². The van der Waals surface area contributed by atoms with Crippen molar-refractivity contribution in [2.75, 3.05) is 6.61 Å². The lowest BCUT2D eigenvalue weighted by molar-refractivity contribution is -0.138. The number of Topliss-reactive ketones (excluding diaryl/α,β-unsaturated/α-hetero) is 1. The van der Waals surface area contributed by atoms with Crippen LogP contribution >= 0.6 is 8.58 Å². The molecule has 0 bridgehead atoms. The molecule has 0 radical (unpaired) electrons. The molecule has 3 N–H and O–H groups in total. The molecule has 0 aliphatic carbocycles. The van der Waals surface area contributed by atoms with Crippen LogP contribution in [-0.2, 0) is 9.59 Å². The van der Waals surface area contributed by atoms with Crippen molar-refractivity contribution in [1.29, 1.82) is 0 Å². The first-order valence-electron chi connectivity index (χ1n) is 18.8. The number of aliphatic hydroxyl groups excluding tert-OH is 2. The first kappa shape index (κ1) is 42.6. The molecule has 0 saturated carbocycles. The average Bonchev–Trinajstić information content (AvgIpc) is 3.00. The predicted molar refractivity (Wildman–Crippen MR) is 186 cm³/mol. The molecule has 0 heterocycles. The molecule has 43 heavy (non-hydrogen) atoms. The first-order valence-corrected chi connectivity index (χ1v) is 19.8. The molecule has 3 unspecified atom stereocenters. The molecule has 0 aromatic carbocycles. The first-order chi connectivity index (χ1) is 20.9. The summed E-state index contributed by atoms with van der Waals surface area (Å²) in [4.78, 5) is 25.0. The topological polar surface area (TPSA) is 94.8 Å². The fraction of sp³-hybridized carbons (Fsp3) is 0.946. The summed E-state index contributed by atoms with van der Waals surface area (Å²) in [5.74, 6) is -0.466. The van der Waals surface area contributed by atoms with Crippen LogP contribution in [0.5, 0.6) is 0 Å². The summed E-state index contributed by atoms with van der Waals surface area (Å²) in [5.41, 5.74) is -0.168. The van der Waals surface area contributed by atoms with Crippen LogP contribution < -0.4 is 0 Å². The molecule has 0 aromatic rings. The molecule has 0 aromatic heterocycles. The second-order valence-corrected chi connectivity index (χ2v) is 14.9. The highest BCUT2D eigenvalue weighted by molar-refractivity contribution is 7.59. The lowest BCUT2D eigenvalue weighted by Gasteiger charge is -2.29. The van der Waals surface area contributed by atoms with Crippen LogP contribution in [0.3, 0.4) is 0 Å². The number of aliphatic hydroxyl groups is 3. The van der Waals surface area contributed by atoms with Gasteiger partial charge in [-0.3, -0.25) is 9.59 Å². The van der Waals surface area contributed by atoms with Crippen LogP contribution in [-0.4, -0.2) is 44.7 Å². The van der Waals surface area contributed by atoms with Gasteiger partial charge >= 0.3 is 0 Å². The van der Waals surface area contributed by atoms with E-state index in [0.29, 0.717) is 12.8 Å². The van der Waals surface area contributed by atoms with Gasteiger partial charge in [-0.15, -0.1) is 0 Å². The number of rotatable bonds is 35. The number of hydrogen-bond acceptors (Lipinski definition) is 5. The molecule has 0 saturated heterocycles. The quantitative estimate of drug-likeness (QED) is 0.0479. The van der Waals surface area contributed by atoms with Crippen molar-refractivity contribution in [3.05, 3.63) is 0 Å². The van der Waals surface area contributed by atoms with E-state index in [-0.39, 0.29) is 11.9 Å². The molecular weight excluding hydrogens is 555 g/mol. The summed E-state index contributed by atoms with van der Waals surface area (Å²) in [5, 5.41) is 28.9. The van der Waals surface area contributed by atoms with Crippen molar-refractivity contribution in [3.8, 4) is 0 Å². The van der Waals surface area contributed by atoms with Gasteiger partial charge in [0, 0.05) is 12.8 Å². The molecule has 0 aliphatic heterocycles. The van der Waals surface area contributed by atoms with Gasteiger partial charge in [0.25, 0.3) is 0 Å². The van der Waals surface area contributed by atoms with Gasteiger partial charge < -0.3 is 15.3 Å². The van der Waals surface area contributed by atoms with Gasteiger partial charge in [-0.05, 0) is 21.4 Å². The Morgan fingerprint density at radius 2 is 0.791 bits per heavy atom. The third-order valence-corrected chi connectivity index (χ3v) is 10.3. The molecule has 5 nitrogen and oxygen atoms in total. The third kappa shape index (κ3) is 26.6. The van der Waals surface area contributed by atoms with Gasteiger partial charge in [-0.2, -0.15) is 0 Å². The van der Waals surface area contributed by atoms with Crippen molar-refractivity contribution in [3.63, 3.8) is 0 Å². The van der Waals surface area contributed by atoms with Gasteiger partial charge in [-0.25, -0.2) is 0 Å². The Labute approximate surface area is 268 Å². The monoisotopic (exact) mass is 629 g/mol. The van der Waals surface area contributed by atoms with Gasteiger partial charge in [0.05, 0.1) is 6.61 Å². The summed E-state index contributed by atoms with van der Waals surface area (Å²) in [6, 6.07) is 0. The zero-order valence-electron chi connectivity index (χ0n) is 28.7. The highest BCUT2D eigenvalue weighted by atomic mass is 31.1. The van der Waals surface area contributed by atoms with Gasteiger partial charge in [0.15, 0.2) is 11.3 Å². The fourth-order valence-corrected chi connectivity index (χ4v) is 7.04. The van der Waals surface area contributed by atoms with Crippen molar-refractivity contribution >= 4 is 19.9 Å². The molecule has 256 valence electrons. The number of carbonyl (C=O) groups is 2. The maximum absolute atomic E-state index is 12.5. The third-order valence-electron chi connectivity index (χ3n) is 8.89. The van der Waals surface area contributed by atoms with Gasteiger partial charge in [0.1, 0.15) is 11.4 Å². The second-order valence-electron chi connectivity index (χ2n) is 13.2. The Morgan fingerprint density at radius 1 is 0.512 bits per heavy atom. The van der Waals surface area contributed by atoms with Crippen LogP contribution in [0, 0.1) is 0 Å². The van der Waals surface area contributed by atoms with Crippen LogP contribution in [0.4, 0.5) is 0 Å². The maximum atomic E-state index is 12.5. The second kappa shape index (κ2) is 31.6. The number of ketones is 1. The Bertz CT molecular complexity index is 628. The van der Waals surface area contributed by atoms with E-state index < -0.39 is 32.4 Å². The Kier molecular flexibility index (Phi) is 31.4. The molecule has 0 aliphatic rings. The van der Waals surface area contributed by atoms with Crippen LogP contribution in [0.2, 0.25) is 0 Å². The van der Waals surface area contributed by atoms with E-state index >= 15 is 0 Å². The minimum atomic E-state index is -2.04. The average molecular weight is 629 g/mol. The molecule has 0 spiro atoms. The lowest BCUT2D eigenvalue weighted by atomic mass is 10.0. The summed E-state index contributed by atoms with van der Waals surface area (Å²) in [6.07, 6.45) is 33.5. The molecule has 0 fully saturated rings. The van der Waals surface area contributed by atoms with Crippen molar-refractivity contribution in [2.24, 2.45) is 0 Å². The predicted octanol–water partition coefficient (Wildman–Crippen LogP) is 10.5. The minimum absolute atomic E-state index is 0.168. The zero-order valence-corrected chi connectivity index (χ0v) is 29.7. The molecule has 6 heteroatoms. The minimum Gasteiger partial charge on any atom is -0.393 e. The smallest absolute Gasteiger partial charge is 0.164 e. The van der Waals surface area contributed by atoms with Crippen molar-refractivity contribution in [2.45, 2.75) is 218 Å². The Hall–Kier alpha value is -0.350. The van der Waals surface area contributed by atoms with Crippen molar-refractivity contribution in [1.82, 2.24) is 0 Å². The van der Waals surface area contributed by atoms with E-state index in [1.54, 1.807) is 0 Å². The van der Waals surface area contributed by atoms with Crippen LogP contribution in [0.25, 0.3) is 0 Å². The number of unbranched alkanes of at least 4 members (excludes halogenated alkanes) is 26. The normalized spacial score (nSPS) is 14.0. The number of carbonyl (C=O) groups excluding carboxylic acids is 2. The summed E-state index contributed by atoms with van der Waals surface area (Å²) >= 11 is 0. The fourth-order valence-electron chi connectivity index (χ4n) is 5.88. The SMILES string of the molecule is CCCCCCCCCCCCCCCCCC(=O)PC(O)(CO)C(O)C(=O)CCCCCCCCCCCCCCC. The summed E-state index contributed by atoms with van der Waals surface area (Å²) in [7, 11) is -0.666. The molecule has 0 amide bonds. The van der Waals surface area contributed by atoms with Gasteiger partial charge in [-0.1, -0.05) is 181 Å². The highest BCUT2D eigenvalue weighted by Crippen LogP contribution is 2.35. The number of hydrogen-bond donors (Lipinski definition) is 3. The summed E-state index contributed by atoms with van der Waals surface area (Å²) in [6.45, 7) is 3.73.